The number of aryl methyl sites for hydroxylation is 4. The summed E-state index contributed by atoms with van der Waals surface area (Å²) in [7, 11) is 0. The first-order valence-corrected chi connectivity index (χ1v) is 16.7. The van der Waals surface area contributed by atoms with Crippen molar-refractivity contribution in [2.75, 3.05) is 0 Å². The second-order valence-corrected chi connectivity index (χ2v) is 12.6. The summed E-state index contributed by atoms with van der Waals surface area (Å²) in [5, 5.41) is 0. The molecule has 0 amide bonds. The average molecular weight is 791 g/mol. The Hall–Kier alpha value is -4.17. The Morgan fingerprint density at radius 3 is 1.98 bits per heavy atom. The van der Waals surface area contributed by atoms with Crippen molar-refractivity contribution in [3.8, 4) is 33.6 Å². The van der Waals surface area contributed by atoms with Gasteiger partial charge in [-0.1, -0.05) is 68.4 Å². The van der Waals surface area contributed by atoms with Crippen molar-refractivity contribution in [2.24, 2.45) is 5.92 Å². The van der Waals surface area contributed by atoms with Crippen LogP contribution in [0.2, 0.25) is 0 Å². The monoisotopic (exact) mass is 791 g/mol. The Balaban J connectivity index is 0.000000280. The van der Waals surface area contributed by atoms with Crippen LogP contribution in [-0.4, -0.2) is 9.97 Å². The normalized spacial score (nSPS) is 12.5. The van der Waals surface area contributed by atoms with Gasteiger partial charge in [-0.3, -0.25) is 0 Å². The predicted molar refractivity (Wildman–Crippen MR) is 191 cm³/mol. The van der Waals surface area contributed by atoms with Crippen LogP contribution in [0.4, 0.5) is 0 Å². The Labute approximate surface area is 294 Å². The van der Waals surface area contributed by atoms with Gasteiger partial charge in [0.2, 0.25) is 0 Å². The fourth-order valence-electron chi connectivity index (χ4n) is 6.27. The second kappa shape index (κ2) is 17.1. The summed E-state index contributed by atoms with van der Waals surface area (Å²) in [4.78, 5) is 8.86. The Kier molecular flexibility index (Phi) is 12.4. The van der Waals surface area contributed by atoms with Crippen LogP contribution in [-0.2, 0) is 52.2 Å². The number of benzene rings is 4. The third kappa shape index (κ3) is 9.44. The van der Waals surface area contributed by atoms with E-state index in [-0.39, 0.29) is 20.1 Å². The zero-order valence-electron chi connectivity index (χ0n) is 27.4. The first-order valence-electron chi connectivity index (χ1n) is 16.7. The molecule has 0 fully saturated rings. The molecule has 4 aliphatic carbocycles. The molecule has 0 aliphatic heterocycles. The molecular weight excluding hydrogens is 749 g/mol. The summed E-state index contributed by atoms with van der Waals surface area (Å²) in [6.07, 6.45) is 11.8. The molecule has 0 saturated carbocycles. The summed E-state index contributed by atoms with van der Waals surface area (Å²) >= 11 is 0. The van der Waals surface area contributed by atoms with Gasteiger partial charge in [0.15, 0.2) is 0 Å². The van der Waals surface area contributed by atoms with Crippen molar-refractivity contribution in [2.45, 2.75) is 58.8 Å². The van der Waals surface area contributed by atoms with Gasteiger partial charge in [0.05, 0.1) is 0 Å². The SMILES string of the molecule is CC(C)Cc1cc2ccc1CCCCc1ccc(c(-c3ccnc(-c4[c-]cccc4)c3)c1)CC2.[Ir].[c-]1ccccc1-c1ccccn1. The molecule has 4 bridgehead atoms. The molecule has 10 rings (SSSR count). The van der Waals surface area contributed by atoms with Gasteiger partial charge in [0.1, 0.15) is 0 Å². The summed E-state index contributed by atoms with van der Waals surface area (Å²) in [5.41, 5.74) is 14.1. The van der Waals surface area contributed by atoms with E-state index in [0.717, 1.165) is 41.8 Å². The molecule has 4 aromatic carbocycles. The minimum Gasteiger partial charge on any atom is -0.305 e. The topological polar surface area (TPSA) is 25.8 Å². The zero-order valence-corrected chi connectivity index (χ0v) is 29.8. The molecule has 2 nitrogen and oxygen atoms in total. The number of nitrogens with zero attached hydrogens (tertiary/aromatic N) is 2. The Morgan fingerprint density at radius 2 is 1.28 bits per heavy atom. The molecule has 0 N–H and O–H groups in total. The molecule has 6 aromatic rings. The molecule has 3 heteroatoms. The summed E-state index contributed by atoms with van der Waals surface area (Å²) in [6, 6.07) is 47.0. The van der Waals surface area contributed by atoms with E-state index in [1.54, 1.807) is 17.3 Å². The van der Waals surface area contributed by atoms with Crippen molar-refractivity contribution in [1.82, 2.24) is 9.97 Å². The van der Waals surface area contributed by atoms with Crippen molar-refractivity contribution in [3.63, 3.8) is 0 Å². The molecule has 2 heterocycles. The van der Waals surface area contributed by atoms with Gasteiger partial charge in [-0.25, -0.2) is 0 Å². The van der Waals surface area contributed by atoms with Crippen LogP contribution in [0.3, 0.4) is 0 Å². The molecule has 4 aliphatic rings. The largest absolute Gasteiger partial charge is 0.305 e. The molecule has 1 radical (unpaired) electrons. The van der Waals surface area contributed by atoms with Gasteiger partial charge in [-0.05, 0) is 113 Å². The van der Waals surface area contributed by atoms with Gasteiger partial charge in [-0.2, -0.15) is 0 Å². The standard InChI is InChI=1S/C33H34N.C11H8N.Ir/c1-24(2)20-31-21-26-12-15-27(31)9-7-6-8-25-13-16-28(17-14-26)32(22-25)30-18-19-34-33(23-30)29-10-4-3-5-11-29;1-2-6-10(7-3-1)11-8-4-5-9-12-11;/h3-5,10,12-13,15-16,18-19,21-24H,6-9,14,17,20H2,1-2H3;1-6,8-9H;/q2*-1;. The number of hydrogen-bond donors (Lipinski definition) is 0. The van der Waals surface area contributed by atoms with Gasteiger partial charge < -0.3 is 9.97 Å². The predicted octanol–water partition coefficient (Wildman–Crippen LogP) is 10.6. The molecule has 0 saturated heterocycles. The number of aromatic nitrogens is 2. The quantitative estimate of drug-likeness (QED) is 0.163. The number of rotatable bonds is 5. The molecule has 0 unspecified atom stereocenters. The maximum Gasteiger partial charge on any atom is 0.0166 e. The molecule has 239 valence electrons. The molecule has 0 atom stereocenters. The van der Waals surface area contributed by atoms with Crippen LogP contribution < -0.4 is 0 Å². The Bertz CT molecular complexity index is 1800. The Morgan fingerprint density at radius 1 is 0.596 bits per heavy atom. The van der Waals surface area contributed by atoms with E-state index < -0.39 is 0 Å². The van der Waals surface area contributed by atoms with Crippen LogP contribution in [0, 0.1) is 18.1 Å². The van der Waals surface area contributed by atoms with E-state index in [0.29, 0.717) is 5.92 Å². The van der Waals surface area contributed by atoms with Crippen LogP contribution in [0.5, 0.6) is 0 Å². The van der Waals surface area contributed by atoms with Crippen molar-refractivity contribution in [1.29, 1.82) is 0 Å². The minimum atomic E-state index is 0. The molecular formula is C44H42IrN2-2. The van der Waals surface area contributed by atoms with E-state index in [9.17, 15) is 0 Å². The van der Waals surface area contributed by atoms with Crippen LogP contribution in [0.1, 0.15) is 54.5 Å². The first kappa shape index (κ1) is 34.2. The van der Waals surface area contributed by atoms with Gasteiger partial charge in [0.25, 0.3) is 0 Å². The fraction of sp³-hybridized carbons (Fsp3) is 0.227. The minimum absolute atomic E-state index is 0. The third-order valence-corrected chi connectivity index (χ3v) is 8.62. The first-order chi connectivity index (χ1) is 22.6. The smallest absolute Gasteiger partial charge is 0.0166 e. The van der Waals surface area contributed by atoms with E-state index in [4.69, 9.17) is 0 Å². The number of pyridine rings is 2. The van der Waals surface area contributed by atoms with E-state index in [2.05, 4.69) is 96.6 Å². The van der Waals surface area contributed by atoms with Gasteiger partial charge >= 0.3 is 0 Å². The van der Waals surface area contributed by atoms with Crippen LogP contribution in [0.25, 0.3) is 33.6 Å². The van der Waals surface area contributed by atoms with Crippen molar-refractivity contribution < 1.29 is 20.1 Å². The average Bonchev–Trinajstić information content (AvgIpc) is 3.11. The summed E-state index contributed by atoms with van der Waals surface area (Å²) in [6.45, 7) is 4.66. The van der Waals surface area contributed by atoms with Gasteiger partial charge in [0, 0.05) is 32.5 Å². The van der Waals surface area contributed by atoms with E-state index in [1.807, 2.05) is 60.8 Å². The van der Waals surface area contributed by atoms with Crippen LogP contribution in [0.15, 0.2) is 128 Å². The molecule has 0 spiro atoms. The van der Waals surface area contributed by atoms with Crippen LogP contribution >= 0.6 is 0 Å². The van der Waals surface area contributed by atoms with E-state index >= 15 is 0 Å². The van der Waals surface area contributed by atoms with Crippen molar-refractivity contribution in [3.05, 3.63) is 168 Å². The summed E-state index contributed by atoms with van der Waals surface area (Å²) < 4.78 is 0. The zero-order chi connectivity index (χ0) is 31.6. The van der Waals surface area contributed by atoms with Gasteiger partial charge in [-0.15, -0.1) is 71.8 Å². The third-order valence-electron chi connectivity index (χ3n) is 8.62. The summed E-state index contributed by atoms with van der Waals surface area (Å²) in [5.74, 6) is 0.689. The maximum atomic E-state index is 4.64. The molecule has 2 aromatic heterocycles. The molecule has 47 heavy (non-hydrogen) atoms. The number of hydrogen-bond acceptors (Lipinski definition) is 2. The fourth-order valence-corrected chi connectivity index (χ4v) is 6.27. The second-order valence-electron chi connectivity index (χ2n) is 12.6. The maximum absolute atomic E-state index is 4.64. The van der Waals surface area contributed by atoms with Crippen molar-refractivity contribution >= 4 is 0 Å². The van der Waals surface area contributed by atoms with E-state index in [1.165, 1.54) is 53.5 Å².